The molecule has 1 aromatic rings. The largest absolute Gasteiger partial charge is 0.666 e. The molecule has 2 N–H and O–H groups in total. The van der Waals surface area contributed by atoms with Gasteiger partial charge in [0.25, 0.3) is 5.91 Å². The van der Waals surface area contributed by atoms with Crippen molar-refractivity contribution in [3.05, 3.63) is 41.6 Å². The molecule has 1 radical (unpaired) electrons. The summed E-state index contributed by atoms with van der Waals surface area (Å²) in [7, 11) is 0. The SMILES string of the molecule is C[C@@H](C([NH-])=O)N1CCCC[C@H](NC(=O)c2ccccc2)C1=O.[Y]. The molecule has 1 aliphatic heterocycles. The van der Waals surface area contributed by atoms with E-state index in [1.807, 2.05) is 6.07 Å². The maximum absolute atomic E-state index is 12.5. The molecule has 2 rings (SSSR count). The van der Waals surface area contributed by atoms with Crippen LogP contribution in [0.15, 0.2) is 30.3 Å². The minimum Gasteiger partial charge on any atom is -0.666 e. The molecule has 0 bridgehead atoms. The summed E-state index contributed by atoms with van der Waals surface area (Å²) in [5.74, 6) is -1.37. The molecule has 2 atom stereocenters. The Kier molecular flexibility index (Phi) is 7.85. The van der Waals surface area contributed by atoms with Crippen molar-refractivity contribution in [2.45, 2.75) is 38.3 Å². The van der Waals surface area contributed by atoms with Crippen LogP contribution in [0.1, 0.15) is 36.5 Å². The zero-order valence-corrected chi connectivity index (χ0v) is 16.0. The van der Waals surface area contributed by atoms with Crippen molar-refractivity contribution in [2.24, 2.45) is 0 Å². The van der Waals surface area contributed by atoms with Gasteiger partial charge in [-0.3, -0.25) is 9.59 Å². The van der Waals surface area contributed by atoms with Crippen molar-refractivity contribution in [1.82, 2.24) is 10.2 Å². The second kappa shape index (κ2) is 9.13. The third-order valence-electron chi connectivity index (χ3n) is 3.91. The number of hydrogen-bond acceptors (Lipinski definition) is 3. The summed E-state index contributed by atoms with van der Waals surface area (Å²) in [6.45, 7) is 2.00. The molecule has 0 unspecified atom stereocenters. The summed E-state index contributed by atoms with van der Waals surface area (Å²) in [4.78, 5) is 37.4. The quantitative estimate of drug-likeness (QED) is 0.848. The first-order valence-corrected chi connectivity index (χ1v) is 7.42. The Bertz CT molecular complexity index is 565. The zero-order chi connectivity index (χ0) is 16.1. The Balaban J connectivity index is 0.00000264. The average Bonchev–Trinajstić information content (AvgIpc) is 2.70. The van der Waals surface area contributed by atoms with Crippen LogP contribution >= 0.6 is 0 Å². The van der Waals surface area contributed by atoms with E-state index in [2.05, 4.69) is 5.32 Å². The van der Waals surface area contributed by atoms with Crippen LogP contribution in [-0.4, -0.2) is 41.2 Å². The maximum Gasteiger partial charge on any atom is 0.251 e. The van der Waals surface area contributed by atoms with Crippen LogP contribution in [0.3, 0.4) is 0 Å². The smallest absolute Gasteiger partial charge is 0.251 e. The summed E-state index contributed by atoms with van der Waals surface area (Å²) < 4.78 is 0. The predicted octanol–water partition coefficient (Wildman–Crippen LogP) is 1.76. The second-order valence-electron chi connectivity index (χ2n) is 5.46. The minimum absolute atomic E-state index is 0. The molecule has 1 fully saturated rings. The van der Waals surface area contributed by atoms with E-state index in [1.165, 1.54) is 4.90 Å². The number of carbonyl (C=O) groups is 3. The number of carbonyl (C=O) groups excluding carboxylic acids is 3. The fourth-order valence-corrected chi connectivity index (χ4v) is 2.56. The van der Waals surface area contributed by atoms with Gasteiger partial charge in [0, 0.05) is 44.8 Å². The van der Waals surface area contributed by atoms with Crippen molar-refractivity contribution in [1.29, 1.82) is 0 Å². The van der Waals surface area contributed by atoms with E-state index in [1.54, 1.807) is 31.2 Å². The van der Waals surface area contributed by atoms with Gasteiger partial charge in [-0.1, -0.05) is 18.2 Å². The standard InChI is InChI=1S/C16H21N3O3.Y/c1-11(14(17)20)19-10-6-5-9-13(16(19)22)18-15(21)12-7-3-2-4-8-12;/h2-4,7-8,11,13H,5-6,9-10H2,1H3,(H3,17,18,20,21);/p-1/t11-,13-;/m0./s1. The van der Waals surface area contributed by atoms with Crippen molar-refractivity contribution in [3.63, 3.8) is 0 Å². The Morgan fingerprint density at radius 2 is 1.91 bits per heavy atom. The third-order valence-corrected chi connectivity index (χ3v) is 3.91. The number of likely N-dealkylation sites (tertiary alicyclic amines) is 1. The minimum atomic E-state index is -0.789. The van der Waals surface area contributed by atoms with Gasteiger partial charge in [-0.15, -0.1) is 0 Å². The van der Waals surface area contributed by atoms with E-state index >= 15 is 0 Å². The summed E-state index contributed by atoms with van der Waals surface area (Å²) in [5, 5.41) is 2.75. The zero-order valence-electron chi connectivity index (χ0n) is 13.1. The van der Waals surface area contributed by atoms with Crippen molar-refractivity contribution in [2.75, 3.05) is 6.54 Å². The first-order chi connectivity index (χ1) is 10.5. The van der Waals surface area contributed by atoms with Crippen molar-refractivity contribution < 1.29 is 47.1 Å². The van der Waals surface area contributed by atoms with Gasteiger partial charge in [0.2, 0.25) is 5.91 Å². The monoisotopic (exact) mass is 391 g/mol. The second-order valence-corrected chi connectivity index (χ2v) is 5.46. The van der Waals surface area contributed by atoms with E-state index in [-0.39, 0.29) is 44.5 Å². The molecule has 1 aromatic carbocycles. The number of nitrogens with one attached hydrogen (secondary N) is 2. The summed E-state index contributed by atoms with van der Waals surface area (Å²) in [6.07, 6.45) is 2.11. The van der Waals surface area contributed by atoms with Gasteiger partial charge >= 0.3 is 0 Å². The van der Waals surface area contributed by atoms with Gasteiger partial charge in [-0.05, 0) is 38.3 Å². The number of rotatable bonds is 4. The molecular formula is C16H20N3O3Y-. The molecule has 1 heterocycles. The Morgan fingerprint density at radius 1 is 1.26 bits per heavy atom. The number of benzene rings is 1. The molecule has 1 aliphatic rings. The van der Waals surface area contributed by atoms with Crippen LogP contribution in [0.2, 0.25) is 0 Å². The number of hydrogen-bond donors (Lipinski definition) is 1. The molecule has 0 aliphatic carbocycles. The summed E-state index contributed by atoms with van der Waals surface area (Å²) in [5.41, 5.74) is 7.70. The fourth-order valence-electron chi connectivity index (χ4n) is 2.56. The predicted molar refractivity (Wildman–Crippen MR) is 82.1 cm³/mol. The maximum atomic E-state index is 12.5. The van der Waals surface area contributed by atoms with Crippen molar-refractivity contribution in [3.8, 4) is 0 Å². The van der Waals surface area contributed by atoms with Gasteiger partial charge in [0.1, 0.15) is 6.04 Å². The molecule has 6 nitrogen and oxygen atoms in total. The van der Waals surface area contributed by atoms with E-state index in [0.29, 0.717) is 18.5 Å². The summed E-state index contributed by atoms with van der Waals surface area (Å²) in [6, 6.07) is 7.29. The van der Waals surface area contributed by atoms with Gasteiger partial charge < -0.3 is 20.7 Å². The van der Waals surface area contributed by atoms with Gasteiger partial charge in [-0.25, -0.2) is 0 Å². The number of nitrogens with zero attached hydrogens (tertiary/aromatic N) is 1. The van der Waals surface area contributed by atoms with E-state index in [4.69, 9.17) is 5.73 Å². The third kappa shape index (κ3) is 5.11. The molecule has 121 valence electrons. The van der Waals surface area contributed by atoms with Crippen LogP contribution in [-0.2, 0) is 42.3 Å². The van der Waals surface area contributed by atoms with Crippen LogP contribution in [0, 0.1) is 0 Å². The fraction of sp³-hybridized carbons (Fsp3) is 0.438. The molecule has 7 heteroatoms. The van der Waals surface area contributed by atoms with Crippen LogP contribution in [0.25, 0.3) is 5.73 Å². The van der Waals surface area contributed by atoms with Crippen molar-refractivity contribution >= 4 is 17.7 Å². The average molecular weight is 391 g/mol. The topological polar surface area (TPSA) is 90.3 Å². The van der Waals surface area contributed by atoms with Crippen LogP contribution in [0.4, 0.5) is 0 Å². The van der Waals surface area contributed by atoms with E-state index in [0.717, 1.165) is 12.8 Å². The Morgan fingerprint density at radius 3 is 2.52 bits per heavy atom. The van der Waals surface area contributed by atoms with Gasteiger partial charge in [0.05, 0.1) is 11.9 Å². The first kappa shape index (κ1) is 19.8. The molecule has 0 spiro atoms. The molecule has 1 saturated heterocycles. The normalized spacial score (nSPS) is 19.3. The first-order valence-electron chi connectivity index (χ1n) is 7.42. The van der Waals surface area contributed by atoms with E-state index in [9.17, 15) is 14.4 Å². The van der Waals surface area contributed by atoms with Crippen LogP contribution < -0.4 is 5.32 Å². The Hall–Kier alpha value is -1.27. The number of amides is 3. The molecule has 0 aromatic heterocycles. The van der Waals surface area contributed by atoms with Gasteiger partial charge in [-0.2, -0.15) is 0 Å². The van der Waals surface area contributed by atoms with E-state index < -0.39 is 18.0 Å². The molecule has 3 amide bonds. The molecular weight excluding hydrogens is 371 g/mol. The summed E-state index contributed by atoms with van der Waals surface area (Å²) >= 11 is 0. The molecule has 0 saturated carbocycles. The Labute approximate surface area is 161 Å². The molecule has 23 heavy (non-hydrogen) atoms. The van der Waals surface area contributed by atoms with Crippen LogP contribution in [0.5, 0.6) is 0 Å². The van der Waals surface area contributed by atoms with Gasteiger partial charge in [0.15, 0.2) is 0 Å².